The lowest BCUT2D eigenvalue weighted by atomic mass is 10.0. The number of carboxylic acids is 1. The second-order valence-electron chi connectivity index (χ2n) is 6.32. The average molecular weight is 393 g/mol. The highest BCUT2D eigenvalue weighted by molar-refractivity contribution is 6.33. The predicted molar refractivity (Wildman–Crippen MR) is 110 cm³/mol. The lowest BCUT2D eigenvalue weighted by Crippen LogP contribution is -2.04. The highest BCUT2D eigenvalue weighted by Gasteiger charge is 2.11. The molecule has 28 heavy (non-hydrogen) atoms. The molecular formula is C22H17ClN2O3. The molecule has 4 aromatic rings. The van der Waals surface area contributed by atoms with Crippen LogP contribution in [0.3, 0.4) is 0 Å². The van der Waals surface area contributed by atoms with Crippen LogP contribution >= 0.6 is 11.6 Å². The van der Waals surface area contributed by atoms with E-state index < -0.39 is 5.97 Å². The first-order valence-electron chi connectivity index (χ1n) is 8.80. The Morgan fingerprint density at radius 3 is 2.39 bits per heavy atom. The Bertz CT molecular complexity index is 1120. The largest absolute Gasteiger partial charge is 0.481 e. The van der Waals surface area contributed by atoms with E-state index in [9.17, 15) is 4.79 Å². The van der Waals surface area contributed by atoms with Crippen LogP contribution in [-0.2, 0) is 4.79 Å². The zero-order valence-corrected chi connectivity index (χ0v) is 15.6. The van der Waals surface area contributed by atoms with Crippen LogP contribution in [0, 0.1) is 0 Å². The zero-order valence-electron chi connectivity index (χ0n) is 14.9. The standard InChI is InChI=1S/C22H17ClN2O3/c23-17-12-18-19(13-20(24-18)28-11-10-21(26)27)25-22(17)16-8-6-15(7-9-16)14-4-2-1-3-5-14/h1-9,12-13,24H,10-11H2,(H,26,27). The van der Waals surface area contributed by atoms with Crippen molar-refractivity contribution in [1.82, 2.24) is 9.97 Å². The van der Waals surface area contributed by atoms with Crippen molar-refractivity contribution in [2.45, 2.75) is 6.42 Å². The number of aromatic amines is 1. The highest BCUT2D eigenvalue weighted by atomic mass is 35.5. The third-order valence-corrected chi connectivity index (χ3v) is 4.66. The molecule has 0 aliphatic rings. The molecule has 5 nitrogen and oxygen atoms in total. The molecule has 2 aromatic heterocycles. The van der Waals surface area contributed by atoms with Gasteiger partial charge in [-0.3, -0.25) is 4.79 Å². The van der Waals surface area contributed by atoms with E-state index >= 15 is 0 Å². The lowest BCUT2D eigenvalue weighted by molar-refractivity contribution is -0.137. The summed E-state index contributed by atoms with van der Waals surface area (Å²) in [5.74, 6) is -0.435. The van der Waals surface area contributed by atoms with Gasteiger partial charge in [0.1, 0.15) is 6.61 Å². The number of aromatic nitrogens is 2. The summed E-state index contributed by atoms with van der Waals surface area (Å²) < 4.78 is 5.43. The second kappa shape index (κ2) is 7.74. The van der Waals surface area contributed by atoms with Gasteiger partial charge in [-0.25, -0.2) is 4.98 Å². The van der Waals surface area contributed by atoms with Gasteiger partial charge >= 0.3 is 5.97 Å². The number of nitrogens with one attached hydrogen (secondary N) is 1. The minimum atomic E-state index is -0.904. The number of hydrogen-bond acceptors (Lipinski definition) is 3. The zero-order chi connectivity index (χ0) is 19.5. The van der Waals surface area contributed by atoms with Gasteiger partial charge in [0.2, 0.25) is 0 Å². The van der Waals surface area contributed by atoms with Crippen molar-refractivity contribution in [1.29, 1.82) is 0 Å². The van der Waals surface area contributed by atoms with Crippen LogP contribution in [0.25, 0.3) is 33.4 Å². The van der Waals surface area contributed by atoms with Crippen LogP contribution in [0.5, 0.6) is 5.88 Å². The van der Waals surface area contributed by atoms with Gasteiger partial charge in [0.05, 0.1) is 28.2 Å². The fourth-order valence-corrected chi connectivity index (χ4v) is 3.25. The van der Waals surface area contributed by atoms with E-state index in [-0.39, 0.29) is 13.0 Å². The molecule has 2 heterocycles. The minimum absolute atomic E-state index is 0.0669. The Morgan fingerprint density at radius 1 is 1.00 bits per heavy atom. The number of benzene rings is 2. The van der Waals surface area contributed by atoms with Crippen molar-refractivity contribution in [3.63, 3.8) is 0 Å². The summed E-state index contributed by atoms with van der Waals surface area (Å²) in [4.78, 5) is 18.3. The maximum absolute atomic E-state index is 10.6. The van der Waals surface area contributed by atoms with Gasteiger partial charge in [0.15, 0.2) is 5.88 Å². The number of rotatable bonds is 6. The van der Waals surface area contributed by atoms with Crippen molar-refractivity contribution in [2.75, 3.05) is 6.61 Å². The van der Waals surface area contributed by atoms with Gasteiger partial charge in [-0.05, 0) is 17.2 Å². The summed E-state index contributed by atoms with van der Waals surface area (Å²) in [6.07, 6.45) is -0.0669. The quantitative estimate of drug-likeness (QED) is 0.460. The number of aliphatic carboxylic acids is 1. The van der Waals surface area contributed by atoms with Crippen LogP contribution in [0.15, 0.2) is 66.7 Å². The first kappa shape index (κ1) is 18.1. The molecule has 0 amide bonds. The van der Waals surface area contributed by atoms with Crippen LogP contribution in [0.4, 0.5) is 0 Å². The van der Waals surface area contributed by atoms with E-state index in [0.717, 1.165) is 22.2 Å². The van der Waals surface area contributed by atoms with Crippen LogP contribution in [0.2, 0.25) is 5.02 Å². The Balaban J connectivity index is 1.61. The Hall–Kier alpha value is -3.31. The average Bonchev–Trinajstić information content (AvgIpc) is 3.09. The minimum Gasteiger partial charge on any atom is -0.481 e. The molecule has 0 spiro atoms. The fourth-order valence-electron chi connectivity index (χ4n) is 2.99. The third-order valence-electron chi connectivity index (χ3n) is 4.37. The SMILES string of the molecule is O=C(O)CCOc1cc2nc(-c3ccc(-c4ccccc4)cc3)c(Cl)cc2[nH]1. The number of hydrogen-bond donors (Lipinski definition) is 2. The maximum atomic E-state index is 10.6. The first-order chi connectivity index (χ1) is 13.6. The van der Waals surface area contributed by atoms with Crippen LogP contribution in [-0.4, -0.2) is 27.7 Å². The second-order valence-corrected chi connectivity index (χ2v) is 6.73. The van der Waals surface area contributed by atoms with E-state index in [1.807, 2.05) is 42.5 Å². The van der Waals surface area contributed by atoms with Crippen LogP contribution in [0.1, 0.15) is 6.42 Å². The summed E-state index contributed by atoms with van der Waals surface area (Å²) in [7, 11) is 0. The molecule has 0 fully saturated rings. The molecule has 0 aliphatic carbocycles. The molecular weight excluding hydrogens is 376 g/mol. The molecule has 0 unspecified atom stereocenters. The highest BCUT2D eigenvalue weighted by Crippen LogP contribution is 2.32. The smallest absolute Gasteiger partial charge is 0.306 e. The summed E-state index contributed by atoms with van der Waals surface area (Å²) in [5, 5.41) is 9.23. The van der Waals surface area contributed by atoms with Gasteiger partial charge in [0.25, 0.3) is 0 Å². The third kappa shape index (κ3) is 3.85. The van der Waals surface area contributed by atoms with Gasteiger partial charge in [-0.15, -0.1) is 0 Å². The molecule has 140 valence electrons. The number of nitrogens with zero attached hydrogens (tertiary/aromatic N) is 1. The molecule has 0 radical (unpaired) electrons. The number of carboxylic acid groups (broad SMARTS) is 1. The Labute approximate surface area is 166 Å². The number of halogens is 1. The lowest BCUT2D eigenvalue weighted by Gasteiger charge is -2.06. The Kier molecular flexibility index (Phi) is 5.00. The van der Waals surface area contributed by atoms with Crippen molar-refractivity contribution in [2.24, 2.45) is 0 Å². The fraction of sp³-hybridized carbons (Fsp3) is 0.0909. The number of ether oxygens (including phenoxy) is 1. The van der Waals surface area contributed by atoms with Gasteiger partial charge in [-0.1, -0.05) is 66.2 Å². The number of carbonyl (C=O) groups is 1. The van der Waals surface area contributed by atoms with E-state index in [2.05, 4.69) is 22.1 Å². The topological polar surface area (TPSA) is 75.2 Å². The molecule has 6 heteroatoms. The molecule has 0 bridgehead atoms. The number of H-pyrrole nitrogens is 1. The van der Waals surface area contributed by atoms with E-state index in [1.165, 1.54) is 0 Å². The van der Waals surface area contributed by atoms with E-state index in [4.69, 9.17) is 21.4 Å². The van der Waals surface area contributed by atoms with Crippen molar-refractivity contribution in [3.8, 4) is 28.3 Å². The maximum Gasteiger partial charge on any atom is 0.306 e. The molecule has 0 saturated heterocycles. The monoisotopic (exact) mass is 392 g/mol. The molecule has 2 aromatic carbocycles. The number of fused-ring (bicyclic) bond motifs is 1. The summed E-state index contributed by atoms with van der Waals surface area (Å²) >= 11 is 6.45. The molecule has 2 N–H and O–H groups in total. The summed E-state index contributed by atoms with van der Waals surface area (Å²) in [5.41, 5.74) is 5.32. The van der Waals surface area contributed by atoms with Gasteiger partial charge in [-0.2, -0.15) is 0 Å². The van der Waals surface area contributed by atoms with Gasteiger partial charge in [0, 0.05) is 11.6 Å². The molecule has 0 atom stereocenters. The van der Waals surface area contributed by atoms with Gasteiger partial charge < -0.3 is 14.8 Å². The first-order valence-corrected chi connectivity index (χ1v) is 9.17. The normalized spacial score (nSPS) is 10.9. The molecule has 0 saturated carbocycles. The number of pyridine rings is 1. The van der Waals surface area contributed by atoms with Crippen molar-refractivity contribution >= 4 is 28.6 Å². The van der Waals surface area contributed by atoms with Crippen molar-refractivity contribution in [3.05, 3.63) is 71.8 Å². The summed E-state index contributed by atoms with van der Waals surface area (Å²) in [6, 6.07) is 21.8. The van der Waals surface area contributed by atoms with E-state index in [0.29, 0.717) is 22.1 Å². The predicted octanol–water partition coefficient (Wildman–Crippen LogP) is 5.40. The summed E-state index contributed by atoms with van der Waals surface area (Å²) in [6.45, 7) is 0.0870. The van der Waals surface area contributed by atoms with E-state index in [1.54, 1.807) is 12.1 Å². The molecule has 0 aliphatic heterocycles. The van der Waals surface area contributed by atoms with Crippen LogP contribution < -0.4 is 4.74 Å². The molecule has 4 rings (SSSR count). The van der Waals surface area contributed by atoms with Crippen molar-refractivity contribution < 1.29 is 14.6 Å². The Morgan fingerprint density at radius 2 is 1.68 bits per heavy atom.